The maximum atomic E-state index is 10.9. The second kappa shape index (κ2) is 4.85. The number of rotatable bonds is 4. The maximum absolute atomic E-state index is 10.9. The van der Waals surface area contributed by atoms with Gasteiger partial charge in [-0.2, -0.15) is 0 Å². The number of phenols is 1. The number of aromatic carboxylic acids is 1. The molecule has 0 atom stereocenters. The molecule has 1 aromatic carbocycles. The average molecular weight is 226 g/mol. The van der Waals surface area contributed by atoms with Crippen molar-refractivity contribution in [2.45, 2.75) is 13.8 Å². The zero-order chi connectivity index (χ0) is 12.3. The normalized spacial score (nSPS) is 10.2. The largest absolute Gasteiger partial charge is 0.507 e. The van der Waals surface area contributed by atoms with Crippen molar-refractivity contribution in [3.8, 4) is 11.5 Å². The Labute approximate surface area is 93.2 Å². The number of carboxylic acids is 1. The topological polar surface area (TPSA) is 76.0 Å². The van der Waals surface area contributed by atoms with Crippen LogP contribution in [-0.4, -0.2) is 30.1 Å². The van der Waals surface area contributed by atoms with E-state index in [2.05, 4.69) is 0 Å². The standard InChI is InChI=1S/C11H14O5/c1-6-7(2)10(12)8(11(13)14)4-9(6)16-5-15-3/h4,12H,5H2,1-3H3,(H,13,14). The molecule has 1 rings (SSSR count). The summed E-state index contributed by atoms with van der Waals surface area (Å²) in [6.45, 7) is 3.41. The Morgan fingerprint density at radius 1 is 1.38 bits per heavy atom. The smallest absolute Gasteiger partial charge is 0.339 e. The fourth-order valence-electron chi connectivity index (χ4n) is 1.31. The van der Waals surface area contributed by atoms with Crippen molar-refractivity contribution in [3.63, 3.8) is 0 Å². The van der Waals surface area contributed by atoms with Gasteiger partial charge in [0.2, 0.25) is 0 Å². The fourth-order valence-corrected chi connectivity index (χ4v) is 1.31. The second-order valence-corrected chi connectivity index (χ2v) is 3.38. The van der Waals surface area contributed by atoms with Gasteiger partial charge in [-0.15, -0.1) is 0 Å². The third kappa shape index (κ3) is 2.25. The predicted octanol–water partition coefficient (Wildman–Crippen LogP) is 1.69. The molecule has 5 nitrogen and oxygen atoms in total. The minimum Gasteiger partial charge on any atom is -0.507 e. The molecule has 0 saturated heterocycles. The number of benzene rings is 1. The molecule has 0 aliphatic heterocycles. The summed E-state index contributed by atoms with van der Waals surface area (Å²) in [7, 11) is 1.47. The quantitative estimate of drug-likeness (QED) is 0.764. The van der Waals surface area contributed by atoms with E-state index in [1.54, 1.807) is 13.8 Å². The van der Waals surface area contributed by atoms with E-state index in [0.29, 0.717) is 16.9 Å². The molecule has 0 unspecified atom stereocenters. The van der Waals surface area contributed by atoms with Crippen LogP contribution >= 0.6 is 0 Å². The monoisotopic (exact) mass is 226 g/mol. The van der Waals surface area contributed by atoms with Crippen LogP contribution in [0.4, 0.5) is 0 Å². The zero-order valence-corrected chi connectivity index (χ0v) is 9.40. The van der Waals surface area contributed by atoms with Crippen LogP contribution in [0, 0.1) is 13.8 Å². The molecule has 5 heteroatoms. The molecule has 88 valence electrons. The number of methoxy groups -OCH3 is 1. The Morgan fingerprint density at radius 3 is 2.50 bits per heavy atom. The van der Waals surface area contributed by atoms with Crippen LogP contribution in [-0.2, 0) is 4.74 Å². The Balaban J connectivity index is 3.24. The highest BCUT2D eigenvalue weighted by molar-refractivity contribution is 5.92. The molecule has 0 aliphatic rings. The maximum Gasteiger partial charge on any atom is 0.339 e. The number of aromatic hydroxyl groups is 1. The molecule has 0 aromatic heterocycles. The van der Waals surface area contributed by atoms with E-state index in [1.165, 1.54) is 13.2 Å². The molecule has 0 bridgehead atoms. The van der Waals surface area contributed by atoms with Crippen molar-refractivity contribution >= 4 is 5.97 Å². The van der Waals surface area contributed by atoms with Crippen LogP contribution in [0.25, 0.3) is 0 Å². The van der Waals surface area contributed by atoms with Crippen molar-refractivity contribution in [2.75, 3.05) is 13.9 Å². The Hall–Kier alpha value is -1.75. The molecule has 0 aliphatic carbocycles. The van der Waals surface area contributed by atoms with E-state index in [9.17, 15) is 9.90 Å². The molecular formula is C11H14O5. The summed E-state index contributed by atoms with van der Waals surface area (Å²) in [5.41, 5.74) is 1.01. The lowest BCUT2D eigenvalue weighted by Crippen LogP contribution is -2.05. The van der Waals surface area contributed by atoms with E-state index < -0.39 is 5.97 Å². The van der Waals surface area contributed by atoms with Crippen molar-refractivity contribution in [1.29, 1.82) is 0 Å². The number of carboxylic acid groups (broad SMARTS) is 1. The van der Waals surface area contributed by atoms with Gasteiger partial charge in [-0.3, -0.25) is 0 Å². The van der Waals surface area contributed by atoms with Crippen LogP contribution in [0.5, 0.6) is 11.5 Å². The molecule has 0 spiro atoms. The van der Waals surface area contributed by atoms with Gasteiger partial charge in [0.05, 0.1) is 0 Å². The third-order valence-corrected chi connectivity index (χ3v) is 2.38. The summed E-state index contributed by atoms with van der Waals surface area (Å²) in [6, 6.07) is 1.29. The van der Waals surface area contributed by atoms with Crippen molar-refractivity contribution in [1.82, 2.24) is 0 Å². The highest BCUT2D eigenvalue weighted by Crippen LogP contribution is 2.32. The van der Waals surface area contributed by atoms with Crippen LogP contribution in [0.3, 0.4) is 0 Å². The first-order valence-electron chi connectivity index (χ1n) is 4.67. The molecule has 0 fully saturated rings. The highest BCUT2D eigenvalue weighted by Gasteiger charge is 2.17. The van der Waals surface area contributed by atoms with E-state index in [1.807, 2.05) is 0 Å². The number of hydrogen-bond donors (Lipinski definition) is 2. The summed E-state index contributed by atoms with van der Waals surface area (Å²) in [5.74, 6) is -1.02. The summed E-state index contributed by atoms with van der Waals surface area (Å²) >= 11 is 0. The Bertz CT molecular complexity index is 411. The van der Waals surface area contributed by atoms with Gasteiger partial charge >= 0.3 is 5.97 Å². The van der Waals surface area contributed by atoms with Gasteiger partial charge in [0.15, 0.2) is 6.79 Å². The molecule has 0 amide bonds. The first-order valence-corrected chi connectivity index (χ1v) is 4.67. The Morgan fingerprint density at radius 2 is 2.00 bits per heavy atom. The molecule has 0 heterocycles. The van der Waals surface area contributed by atoms with Gasteiger partial charge in [-0.05, 0) is 31.0 Å². The van der Waals surface area contributed by atoms with Gasteiger partial charge in [-0.1, -0.05) is 0 Å². The van der Waals surface area contributed by atoms with Crippen molar-refractivity contribution in [3.05, 3.63) is 22.8 Å². The van der Waals surface area contributed by atoms with Gasteiger partial charge in [0, 0.05) is 7.11 Å². The molecule has 0 saturated carbocycles. The summed E-state index contributed by atoms with van der Waals surface area (Å²) in [4.78, 5) is 10.9. The van der Waals surface area contributed by atoms with Crippen LogP contribution < -0.4 is 4.74 Å². The molecule has 0 radical (unpaired) electrons. The molecule has 2 N–H and O–H groups in total. The second-order valence-electron chi connectivity index (χ2n) is 3.38. The number of hydrogen-bond acceptors (Lipinski definition) is 4. The van der Waals surface area contributed by atoms with Gasteiger partial charge in [-0.25, -0.2) is 4.79 Å². The SMILES string of the molecule is COCOc1cc(C(=O)O)c(O)c(C)c1C. The van der Waals surface area contributed by atoms with Crippen LogP contribution in [0.2, 0.25) is 0 Å². The van der Waals surface area contributed by atoms with Crippen LogP contribution in [0.1, 0.15) is 21.5 Å². The minimum absolute atomic E-state index is 0.0319. The molecule has 16 heavy (non-hydrogen) atoms. The lowest BCUT2D eigenvalue weighted by Gasteiger charge is -2.13. The van der Waals surface area contributed by atoms with E-state index in [0.717, 1.165) is 0 Å². The molecular weight excluding hydrogens is 212 g/mol. The van der Waals surface area contributed by atoms with Gasteiger partial charge in [0.1, 0.15) is 17.1 Å². The zero-order valence-electron chi connectivity index (χ0n) is 9.40. The fraction of sp³-hybridized carbons (Fsp3) is 0.364. The number of ether oxygens (including phenoxy) is 2. The first-order chi connectivity index (χ1) is 7.49. The lowest BCUT2D eigenvalue weighted by molar-refractivity contribution is 0.0501. The van der Waals surface area contributed by atoms with Gasteiger partial charge < -0.3 is 19.7 Å². The van der Waals surface area contributed by atoms with E-state index in [-0.39, 0.29) is 18.1 Å². The summed E-state index contributed by atoms with van der Waals surface area (Å²) in [6.07, 6.45) is 0. The summed E-state index contributed by atoms with van der Waals surface area (Å²) in [5, 5.41) is 18.5. The van der Waals surface area contributed by atoms with Crippen LogP contribution in [0.15, 0.2) is 6.07 Å². The third-order valence-electron chi connectivity index (χ3n) is 2.38. The number of carbonyl (C=O) groups is 1. The lowest BCUT2D eigenvalue weighted by atomic mass is 10.0. The van der Waals surface area contributed by atoms with Crippen molar-refractivity contribution in [2.24, 2.45) is 0 Å². The molecule has 1 aromatic rings. The average Bonchev–Trinajstić information content (AvgIpc) is 2.24. The van der Waals surface area contributed by atoms with E-state index >= 15 is 0 Å². The first kappa shape index (κ1) is 12.3. The predicted molar refractivity (Wildman–Crippen MR) is 57.0 cm³/mol. The van der Waals surface area contributed by atoms with Crippen molar-refractivity contribution < 1.29 is 24.5 Å². The minimum atomic E-state index is -1.19. The summed E-state index contributed by atoms with van der Waals surface area (Å²) < 4.78 is 9.95. The highest BCUT2D eigenvalue weighted by atomic mass is 16.7. The van der Waals surface area contributed by atoms with E-state index in [4.69, 9.17) is 14.6 Å². The Kier molecular flexibility index (Phi) is 3.73. The van der Waals surface area contributed by atoms with Gasteiger partial charge in [0.25, 0.3) is 0 Å².